The van der Waals surface area contributed by atoms with Crippen LogP contribution in [0.15, 0.2) is 47.4 Å². The molecule has 3 rings (SSSR count). The van der Waals surface area contributed by atoms with E-state index < -0.39 is 15.9 Å². The molecule has 1 saturated carbocycles. The van der Waals surface area contributed by atoms with Crippen LogP contribution in [-0.4, -0.2) is 43.8 Å². The van der Waals surface area contributed by atoms with Crippen LogP contribution in [0.3, 0.4) is 0 Å². The molecule has 10 heteroatoms. The van der Waals surface area contributed by atoms with E-state index >= 15 is 0 Å². The van der Waals surface area contributed by atoms with Gasteiger partial charge in [-0.05, 0) is 55.3 Å². The second kappa shape index (κ2) is 9.67. The van der Waals surface area contributed by atoms with E-state index in [1.165, 1.54) is 22.5 Å². The molecule has 0 spiro atoms. The number of nitrogens with zero attached hydrogens (tertiary/aromatic N) is 1. The van der Waals surface area contributed by atoms with Gasteiger partial charge in [-0.1, -0.05) is 25.4 Å². The topological polar surface area (TPSA) is 108 Å². The Bertz CT molecular complexity index is 1070. The Morgan fingerprint density at radius 3 is 2.13 bits per heavy atom. The van der Waals surface area contributed by atoms with E-state index in [1.807, 2.05) is 0 Å². The van der Waals surface area contributed by atoms with Crippen molar-refractivity contribution in [1.82, 2.24) is 9.62 Å². The molecule has 0 atom stereocenters. The number of urea groups is 1. The molecule has 0 aliphatic heterocycles. The SMILES string of the molecule is CCN(CC)S(=O)(=O)c1cc(C(=O)Nc2ccc(NC(=O)NC3CC3)cc2)ccc1Cl. The van der Waals surface area contributed by atoms with Crippen LogP contribution in [0.1, 0.15) is 37.0 Å². The average Bonchev–Trinajstić information content (AvgIpc) is 3.54. The van der Waals surface area contributed by atoms with E-state index in [1.54, 1.807) is 38.1 Å². The summed E-state index contributed by atoms with van der Waals surface area (Å²) in [6.07, 6.45) is 2.00. The second-order valence-electron chi connectivity index (χ2n) is 7.14. The molecule has 0 saturated heterocycles. The maximum absolute atomic E-state index is 12.8. The molecule has 3 amide bonds. The van der Waals surface area contributed by atoms with E-state index in [-0.39, 0.29) is 27.6 Å². The lowest BCUT2D eigenvalue weighted by atomic mass is 10.2. The Morgan fingerprint density at radius 2 is 1.58 bits per heavy atom. The van der Waals surface area contributed by atoms with Crippen molar-refractivity contribution in [1.29, 1.82) is 0 Å². The number of sulfonamides is 1. The van der Waals surface area contributed by atoms with Gasteiger partial charge in [0.15, 0.2) is 0 Å². The predicted molar refractivity (Wildman–Crippen MR) is 121 cm³/mol. The molecule has 0 unspecified atom stereocenters. The summed E-state index contributed by atoms with van der Waals surface area (Å²) in [7, 11) is -3.81. The Morgan fingerprint density at radius 1 is 1.00 bits per heavy atom. The Balaban J connectivity index is 1.71. The van der Waals surface area contributed by atoms with Crippen LogP contribution in [-0.2, 0) is 10.0 Å². The van der Waals surface area contributed by atoms with Crippen molar-refractivity contribution in [2.75, 3.05) is 23.7 Å². The van der Waals surface area contributed by atoms with Gasteiger partial charge in [0.1, 0.15) is 4.90 Å². The van der Waals surface area contributed by atoms with Crippen molar-refractivity contribution in [2.24, 2.45) is 0 Å². The Hall–Kier alpha value is -2.62. The number of nitrogens with one attached hydrogen (secondary N) is 3. The van der Waals surface area contributed by atoms with Crippen molar-refractivity contribution in [3.63, 3.8) is 0 Å². The number of benzene rings is 2. The molecule has 8 nitrogen and oxygen atoms in total. The zero-order chi connectivity index (χ0) is 22.6. The highest BCUT2D eigenvalue weighted by molar-refractivity contribution is 7.89. The molecule has 1 aliphatic rings. The summed E-state index contributed by atoms with van der Waals surface area (Å²) >= 11 is 6.12. The molecule has 0 radical (unpaired) electrons. The van der Waals surface area contributed by atoms with Crippen LogP contribution < -0.4 is 16.0 Å². The fourth-order valence-corrected chi connectivity index (χ4v) is 4.92. The molecule has 1 fully saturated rings. The summed E-state index contributed by atoms with van der Waals surface area (Å²) in [6, 6.07) is 10.8. The monoisotopic (exact) mass is 464 g/mol. The molecule has 31 heavy (non-hydrogen) atoms. The molecule has 0 heterocycles. The average molecular weight is 465 g/mol. The third-order valence-electron chi connectivity index (χ3n) is 4.83. The summed E-state index contributed by atoms with van der Waals surface area (Å²) in [5.74, 6) is -0.472. The maximum Gasteiger partial charge on any atom is 0.319 e. The van der Waals surface area contributed by atoms with Crippen LogP contribution in [0.2, 0.25) is 5.02 Å². The van der Waals surface area contributed by atoms with Crippen LogP contribution in [0.5, 0.6) is 0 Å². The summed E-state index contributed by atoms with van der Waals surface area (Å²) in [5, 5.41) is 8.33. The lowest BCUT2D eigenvalue weighted by molar-refractivity contribution is 0.102. The number of anilines is 2. The highest BCUT2D eigenvalue weighted by atomic mass is 35.5. The standard InChI is InChI=1S/C21H25ClN4O4S/c1-3-26(4-2)31(29,30)19-13-14(5-12-18(19)22)20(27)23-15-6-8-16(9-7-15)24-21(28)25-17-10-11-17/h5-9,12-13,17H,3-4,10-11H2,1-2H3,(H,23,27)(H2,24,25,28). The molecule has 0 aromatic heterocycles. The van der Waals surface area contributed by atoms with Gasteiger partial charge < -0.3 is 16.0 Å². The van der Waals surface area contributed by atoms with Gasteiger partial charge >= 0.3 is 6.03 Å². The molecule has 3 N–H and O–H groups in total. The van der Waals surface area contributed by atoms with Crippen molar-refractivity contribution < 1.29 is 18.0 Å². The quantitative estimate of drug-likeness (QED) is 0.550. The highest BCUT2D eigenvalue weighted by Crippen LogP contribution is 2.26. The number of carbonyl (C=O) groups excluding carboxylic acids is 2. The second-order valence-corrected chi connectivity index (χ2v) is 9.45. The summed E-state index contributed by atoms with van der Waals surface area (Å²) in [6.45, 7) is 4.06. The summed E-state index contributed by atoms with van der Waals surface area (Å²) in [4.78, 5) is 24.3. The lowest BCUT2D eigenvalue weighted by Crippen LogP contribution is -2.31. The van der Waals surface area contributed by atoms with Crippen LogP contribution in [0.4, 0.5) is 16.2 Å². The van der Waals surface area contributed by atoms with Crippen LogP contribution in [0.25, 0.3) is 0 Å². The summed E-state index contributed by atoms with van der Waals surface area (Å²) in [5.41, 5.74) is 1.26. The van der Waals surface area contributed by atoms with E-state index in [9.17, 15) is 18.0 Å². The fraction of sp³-hybridized carbons (Fsp3) is 0.333. The Labute approximate surface area is 187 Å². The van der Waals surface area contributed by atoms with Gasteiger partial charge in [-0.3, -0.25) is 4.79 Å². The molecule has 2 aromatic rings. The molecule has 2 aromatic carbocycles. The third kappa shape index (κ3) is 5.75. The minimum atomic E-state index is -3.81. The van der Waals surface area contributed by atoms with E-state index in [2.05, 4.69) is 16.0 Å². The van der Waals surface area contributed by atoms with E-state index in [0.29, 0.717) is 24.5 Å². The smallest absolute Gasteiger partial charge is 0.319 e. The number of halogens is 1. The molecular formula is C21H25ClN4O4S. The van der Waals surface area contributed by atoms with Crippen molar-refractivity contribution in [3.05, 3.63) is 53.1 Å². The van der Waals surface area contributed by atoms with E-state index in [0.717, 1.165) is 12.8 Å². The van der Waals surface area contributed by atoms with Crippen molar-refractivity contribution >= 4 is 44.9 Å². The molecular weight excluding hydrogens is 440 g/mol. The largest absolute Gasteiger partial charge is 0.335 e. The van der Waals surface area contributed by atoms with Gasteiger partial charge in [-0.15, -0.1) is 0 Å². The highest BCUT2D eigenvalue weighted by Gasteiger charge is 2.26. The zero-order valence-electron chi connectivity index (χ0n) is 17.3. The first-order chi connectivity index (χ1) is 14.7. The molecule has 166 valence electrons. The van der Waals surface area contributed by atoms with Gasteiger partial charge in [0.25, 0.3) is 5.91 Å². The van der Waals surface area contributed by atoms with Crippen LogP contribution in [0, 0.1) is 0 Å². The number of amides is 3. The molecule has 0 bridgehead atoms. The number of rotatable bonds is 8. The fourth-order valence-electron chi connectivity index (χ4n) is 2.97. The molecule has 1 aliphatic carbocycles. The number of carbonyl (C=O) groups is 2. The zero-order valence-corrected chi connectivity index (χ0v) is 18.9. The first-order valence-electron chi connectivity index (χ1n) is 10.0. The van der Waals surface area contributed by atoms with Crippen molar-refractivity contribution in [3.8, 4) is 0 Å². The summed E-state index contributed by atoms with van der Waals surface area (Å²) < 4.78 is 26.9. The van der Waals surface area contributed by atoms with Crippen LogP contribution >= 0.6 is 11.6 Å². The Kier molecular flexibility index (Phi) is 7.19. The van der Waals surface area contributed by atoms with Gasteiger partial charge in [0, 0.05) is 36.1 Å². The third-order valence-corrected chi connectivity index (χ3v) is 7.36. The normalized spacial score (nSPS) is 13.7. The minimum absolute atomic E-state index is 0.0587. The van der Waals surface area contributed by atoms with Gasteiger partial charge in [0.2, 0.25) is 10.0 Å². The minimum Gasteiger partial charge on any atom is -0.335 e. The first kappa shape index (κ1) is 23.1. The number of hydrogen-bond donors (Lipinski definition) is 3. The predicted octanol–water partition coefficient (Wildman–Crippen LogP) is 3.91. The van der Waals surface area contributed by atoms with E-state index in [4.69, 9.17) is 11.6 Å². The lowest BCUT2D eigenvalue weighted by Gasteiger charge is -2.19. The first-order valence-corrected chi connectivity index (χ1v) is 11.8. The van der Waals surface area contributed by atoms with Gasteiger partial charge in [-0.25, -0.2) is 13.2 Å². The van der Waals surface area contributed by atoms with Gasteiger partial charge in [-0.2, -0.15) is 4.31 Å². The number of hydrogen-bond acceptors (Lipinski definition) is 4. The maximum atomic E-state index is 12.8. The van der Waals surface area contributed by atoms with Crippen molar-refractivity contribution in [2.45, 2.75) is 37.6 Å². The van der Waals surface area contributed by atoms with Gasteiger partial charge in [0.05, 0.1) is 5.02 Å².